The van der Waals surface area contributed by atoms with Crippen LogP contribution >= 0.6 is 11.3 Å². The number of para-hydroxylation sites is 1. The molecule has 1 aromatic carbocycles. The molecular formula is C16H14F3N3O4S. The molecule has 11 heteroatoms. The van der Waals surface area contributed by atoms with Crippen LogP contribution in [0, 0.1) is 0 Å². The summed E-state index contributed by atoms with van der Waals surface area (Å²) >= 11 is 1.08. The van der Waals surface area contributed by atoms with Crippen LogP contribution in [0.15, 0.2) is 29.8 Å². The number of hydrogen-bond donors (Lipinski definition) is 2. The van der Waals surface area contributed by atoms with Gasteiger partial charge in [-0.2, -0.15) is 13.2 Å². The van der Waals surface area contributed by atoms with E-state index in [1.165, 1.54) is 19.4 Å². The van der Waals surface area contributed by atoms with Crippen LogP contribution in [0.3, 0.4) is 0 Å². The Morgan fingerprint density at radius 3 is 2.56 bits per heavy atom. The fraction of sp³-hybridized carbons (Fsp3) is 0.250. The van der Waals surface area contributed by atoms with E-state index in [4.69, 9.17) is 0 Å². The number of halogens is 3. The lowest BCUT2D eigenvalue weighted by Crippen LogP contribution is -2.26. The largest absolute Gasteiger partial charge is 0.418 e. The van der Waals surface area contributed by atoms with E-state index in [9.17, 15) is 27.6 Å². The monoisotopic (exact) mass is 401 g/mol. The summed E-state index contributed by atoms with van der Waals surface area (Å²) in [5.74, 6) is -2.82. The molecule has 7 nitrogen and oxygen atoms in total. The van der Waals surface area contributed by atoms with Gasteiger partial charge in [0.05, 0.1) is 11.3 Å². The highest BCUT2D eigenvalue weighted by Gasteiger charge is 2.35. The molecule has 2 N–H and O–H groups in total. The van der Waals surface area contributed by atoms with Gasteiger partial charge in [0, 0.05) is 25.1 Å². The quantitative estimate of drug-likeness (QED) is 0.695. The second kappa shape index (κ2) is 8.73. The Bertz CT molecular complexity index is 838. The van der Waals surface area contributed by atoms with Crippen LogP contribution in [0.25, 0.3) is 0 Å². The molecule has 1 aromatic heterocycles. The van der Waals surface area contributed by atoms with Crippen molar-refractivity contribution in [3.8, 4) is 0 Å². The number of benzene rings is 1. The molecule has 0 aliphatic heterocycles. The van der Waals surface area contributed by atoms with Crippen molar-refractivity contribution in [2.24, 2.45) is 0 Å². The lowest BCUT2D eigenvalue weighted by atomic mass is 10.0. The molecule has 144 valence electrons. The first-order valence-electron chi connectivity index (χ1n) is 7.44. The molecule has 0 saturated heterocycles. The van der Waals surface area contributed by atoms with Crippen LogP contribution in [0.2, 0.25) is 0 Å². The maximum Gasteiger partial charge on any atom is 0.418 e. The molecule has 0 atom stereocenters. The number of carbonyl (C=O) groups excluding carboxylic acids is 3. The summed E-state index contributed by atoms with van der Waals surface area (Å²) < 4.78 is 44.4. The summed E-state index contributed by atoms with van der Waals surface area (Å²) in [5, 5.41) is 6.12. The molecular weight excluding hydrogens is 387 g/mol. The molecule has 1 heterocycles. The number of methoxy groups -OCH3 is 1. The zero-order chi connectivity index (χ0) is 20.0. The molecule has 2 aromatic rings. The summed E-state index contributed by atoms with van der Waals surface area (Å²) in [7, 11) is 1.21. The first-order valence-corrected chi connectivity index (χ1v) is 8.32. The molecule has 0 spiro atoms. The zero-order valence-corrected chi connectivity index (χ0v) is 14.7. The van der Waals surface area contributed by atoms with E-state index in [1.54, 1.807) is 5.38 Å². The van der Waals surface area contributed by atoms with Gasteiger partial charge in [-0.3, -0.25) is 19.7 Å². The van der Waals surface area contributed by atoms with E-state index in [0.29, 0.717) is 0 Å². The minimum Gasteiger partial charge on any atom is -0.375 e. The molecule has 2 amide bonds. The highest BCUT2D eigenvalue weighted by atomic mass is 32.1. The van der Waals surface area contributed by atoms with Gasteiger partial charge in [-0.15, -0.1) is 11.3 Å². The average Bonchev–Trinajstić information content (AvgIpc) is 3.08. The van der Waals surface area contributed by atoms with E-state index >= 15 is 0 Å². The third kappa shape index (κ3) is 5.59. The molecule has 0 unspecified atom stereocenters. The molecule has 0 aliphatic carbocycles. The van der Waals surface area contributed by atoms with Crippen LogP contribution in [-0.2, 0) is 31.7 Å². The van der Waals surface area contributed by atoms with Crippen LogP contribution in [0.5, 0.6) is 0 Å². The van der Waals surface area contributed by atoms with E-state index in [1.807, 2.05) is 0 Å². The van der Waals surface area contributed by atoms with Crippen molar-refractivity contribution >= 4 is 39.8 Å². The van der Waals surface area contributed by atoms with E-state index in [2.05, 4.69) is 20.4 Å². The molecule has 27 heavy (non-hydrogen) atoms. The molecule has 2 rings (SSSR count). The second-order valence-electron chi connectivity index (χ2n) is 5.21. The number of amides is 2. The fourth-order valence-electron chi connectivity index (χ4n) is 2.14. The number of nitrogens with one attached hydrogen (secondary N) is 2. The molecule has 0 saturated carbocycles. The Balaban J connectivity index is 2.27. The van der Waals surface area contributed by atoms with Gasteiger partial charge in [-0.1, -0.05) is 12.1 Å². The predicted molar refractivity (Wildman–Crippen MR) is 91.4 cm³/mol. The summed E-state index contributed by atoms with van der Waals surface area (Å²) in [4.78, 5) is 39.5. The number of nitrogens with zero attached hydrogens (tertiary/aromatic N) is 1. The number of carbonyl (C=O) groups is 3. The lowest BCUT2D eigenvalue weighted by molar-refractivity contribution is -0.137. The lowest BCUT2D eigenvalue weighted by Gasteiger charge is -2.17. The molecule has 0 aliphatic rings. The minimum atomic E-state index is -4.77. The SMILES string of the molecule is COCC(=O)Nc1c(CC(=O)C(=O)Nc2nccs2)cccc1C(F)(F)F. The number of rotatable bonds is 7. The summed E-state index contributed by atoms with van der Waals surface area (Å²) in [5.41, 5.74) is -1.85. The number of hydrogen-bond acceptors (Lipinski definition) is 6. The van der Waals surface area contributed by atoms with Crippen molar-refractivity contribution in [2.75, 3.05) is 24.4 Å². The minimum absolute atomic E-state index is 0.145. The van der Waals surface area contributed by atoms with Gasteiger partial charge in [-0.05, 0) is 11.6 Å². The van der Waals surface area contributed by atoms with Gasteiger partial charge >= 0.3 is 6.18 Å². The summed E-state index contributed by atoms with van der Waals surface area (Å²) in [6, 6.07) is 3.09. The van der Waals surface area contributed by atoms with Crippen LogP contribution in [-0.4, -0.2) is 36.3 Å². The summed E-state index contributed by atoms with van der Waals surface area (Å²) in [6.45, 7) is -0.468. The van der Waals surface area contributed by atoms with Gasteiger partial charge in [0.1, 0.15) is 6.61 Å². The standard InChI is InChI=1S/C16H14F3N3O4S/c1-26-8-12(24)21-13-9(3-2-4-10(13)16(17,18)19)7-11(23)14(25)22-15-20-5-6-27-15/h2-6H,7-8H2,1H3,(H,21,24)(H,20,22,25). The number of alkyl halides is 3. The van der Waals surface area contributed by atoms with E-state index in [0.717, 1.165) is 23.5 Å². The molecule has 0 fully saturated rings. The normalized spacial score (nSPS) is 11.1. The number of anilines is 2. The Hall–Kier alpha value is -2.79. The van der Waals surface area contributed by atoms with Gasteiger partial charge in [0.25, 0.3) is 5.91 Å². The predicted octanol–water partition coefficient (Wildman–Crippen LogP) is 2.50. The van der Waals surface area contributed by atoms with Crippen molar-refractivity contribution in [3.63, 3.8) is 0 Å². The van der Waals surface area contributed by atoms with Crippen LogP contribution < -0.4 is 10.6 Å². The van der Waals surface area contributed by atoms with Crippen molar-refractivity contribution in [1.29, 1.82) is 0 Å². The van der Waals surface area contributed by atoms with Crippen molar-refractivity contribution in [3.05, 3.63) is 40.9 Å². The van der Waals surface area contributed by atoms with Gasteiger partial charge in [0.2, 0.25) is 11.7 Å². The van der Waals surface area contributed by atoms with Gasteiger partial charge in [0.15, 0.2) is 5.13 Å². The number of ketones is 1. The first kappa shape index (κ1) is 20.5. The highest BCUT2D eigenvalue weighted by molar-refractivity contribution is 7.13. The highest BCUT2D eigenvalue weighted by Crippen LogP contribution is 2.37. The third-order valence-electron chi connectivity index (χ3n) is 3.25. The zero-order valence-electron chi connectivity index (χ0n) is 13.9. The van der Waals surface area contributed by atoms with E-state index in [-0.39, 0.29) is 10.7 Å². The van der Waals surface area contributed by atoms with Gasteiger partial charge < -0.3 is 10.1 Å². The third-order valence-corrected chi connectivity index (χ3v) is 3.94. The van der Waals surface area contributed by atoms with E-state index < -0.39 is 48.1 Å². The summed E-state index contributed by atoms with van der Waals surface area (Å²) in [6.07, 6.45) is -3.98. The number of thiazole rings is 1. The maximum atomic E-state index is 13.3. The topological polar surface area (TPSA) is 97.4 Å². The Morgan fingerprint density at radius 1 is 1.22 bits per heavy atom. The number of Topliss-reactive ketones (excluding diaryl/α,β-unsaturated/α-hetero) is 1. The Morgan fingerprint density at radius 2 is 1.96 bits per heavy atom. The average molecular weight is 401 g/mol. The van der Waals surface area contributed by atoms with Crippen molar-refractivity contribution in [2.45, 2.75) is 12.6 Å². The smallest absolute Gasteiger partial charge is 0.375 e. The Labute approximate surface area is 155 Å². The van der Waals surface area contributed by atoms with Crippen LogP contribution in [0.4, 0.5) is 24.0 Å². The second-order valence-corrected chi connectivity index (χ2v) is 6.10. The van der Waals surface area contributed by atoms with Gasteiger partial charge in [-0.25, -0.2) is 4.98 Å². The molecule has 0 bridgehead atoms. The maximum absolute atomic E-state index is 13.3. The van der Waals surface area contributed by atoms with Crippen LogP contribution in [0.1, 0.15) is 11.1 Å². The fourth-order valence-corrected chi connectivity index (χ4v) is 2.67. The Kier molecular flexibility index (Phi) is 6.64. The van der Waals surface area contributed by atoms with Crippen molar-refractivity contribution in [1.82, 2.24) is 4.98 Å². The van der Waals surface area contributed by atoms with Crippen molar-refractivity contribution < 1.29 is 32.3 Å². The number of aromatic nitrogens is 1. The first-order chi connectivity index (χ1) is 12.7. The number of ether oxygens (including phenoxy) is 1. The molecule has 0 radical (unpaired) electrons.